The standard InChI is InChI=1S/C29H38N4O4/c1-29(2,3)23-11-9-21(10-12-23)27-31-26(37-32-27)19-33-16-6-7-22(18-33)28(34)30-15-14-20-8-13-24(35-4)25(17-20)36-5/h8-13,17,22H,6-7,14-16,18-19H2,1-5H3,(H,30,34). The maximum Gasteiger partial charge on any atom is 0.241 e. The number of methoxy groups -OCH3 is 2. The number of aromatic nitrogens is 2. The summed E-state index contributed by atoms with van der Waals surface area (Å²) in [4.78, 5) is 19.7. The van der Waals surface area contributed by atoms with Gasteiger partial charge in [-0.15, -0.1) is 0 Å². The average molecular weight is 507 g/mol. The van der Waals surface area contributed by atoms with E-state index in [1.165, 1.54) is 5.56 Å². The van der Waals surface area contributed by atoms with Gasteiger partial charge in [0.25, 0.3) is 0 Å². The summed E-state index contributed by atoms with van der Waals surface area (Å²) >= 11 is 0. The normalized spacial score (nSPS) is 16.4. The fourth-order valence-corrected chi connectivity index (χ4v) is 4.67. The fraction of sp³-hybridized carbons (Fsp3) is 0.483. The van der Waals surface area contributed by atoms with Crippen LogP contribution in [0.3, 0.4) is 0 Å². The monoisotopic (exact) mass is 506 g/mol. The summed E-state index contributed by atoms with van der Waals surface area (Å²) in [7, 11) is 3.24. The lowest BCUT2D eigenvalue weighted by atomic mass is 9.87. The van der Waals surface area contributed by atoms with Gasteiger partial charge in [0.05, 0.1) is 26.7 Å². The molecule has 0 aliphatic carbocycles. The Kier molecular flexibility index (Phi) is 8.48. The SMILES string of the molecule is COc1ccc(CCNC(=O)C2CCCN(Cc3nc(-c4ccc(C(C)(C)C)cc4)no3)C2)cc1OC. The second kappa shape index (κ2) is 11.8. The van der Waals surface area contributed by atoms with Crippen LogP contribution in [0.4, 0.5) is 0 Å². The third kappa shape index (κ3) is 6.89. The first-order valence-electron chi connectivity index (χ1n) is 12.9. The van der Waals surface area contributed by atoms with Crippen LogP contribution >= 0.6 is 0 Å². The van der Waals surface area contributed by atoms with E-state index in [2.05, 4.69) is 53.3 Å². The summed E-state index contributed by atoms with van der Waals surface area (Å²) in [5, 5.41) is 7.28. The lowest BCUT2D eigenvalue weighted by Gasteiger charge is -2.30. The molecule has 1 N–H and O–H groups in total. The predicted octanol–water partition coefficient (Wildman–Crippen LogP) is 4.62. The van der Waals surface area contributed by atoms with E-state index in [1.54, 1.807) is 14.2 Å². The van der Waals surface area contributed by atoms with Gasteiger partial charge >= 0.3 is 0 Å². The second-order valence-corrected chi connectivity index (χ2v) is 10.6. The highest BCUT2D eigenvalue weighted by Gasteiger charge is 2.27. The Labute approximate surface area is 219 Å². The highest BCUT2D eigenvalue weighted by molar-refractivity contribution is 5.79. The Bertz CT molecular complexity index is 1180. The predicted molar refractivity (Wildman–Crippen MR) is 143 cm³/mol. The molecule has 0 radical (unpaired) electrons. The molecule has 0 spiro atoms. The molecule has 1 saturated heterocycles. The van der Waals surface area contributed by atoms with E-state index < -0.39 is 0 Å². The van der Waals surface area contributed by atoms with Crippen LogP contribution in [-0.4, -0.2) is 54.8 Å². The van der Waals surface area contributed by atoms with Crippen LogP contribution in [0.15, 0.2) is 47.0 Å². The number of benzene rings is 2. The van der Waals surface area contributed by atoms with Crippen LogP contribution < -0.4 is 14.8 Å². The van der Waals surface area contributed by atoms with Crippen LogP contribution in [0.5, 0.6) is 11.5 Å². The van der Waals surface area contributed by atoms with Crippen LogP contribution in [0, 0.1) is 5.92 Å². The molecule has 37 heavy (non-hydrogen) atoms. The summed E-state index contributed by atoms with van der Waals surface area (Å²) in [6.45, 7) is 9.29. The van der Waals surface area contributed by atoms with Crippen molar-refractivity contribution < 1.29 is 18.8 Å². The van der Waals surface area contributed by atoms with Crippen molar-refractivity contribution >= 4 is 5.91 Å². The second-order valence-electron chi connectivity index (χ2n) is 10.6. The topological polar surface area (TPSA) is 89.7 Å². The molecule has 1 aliphatic heterocycles. The van der Waals surface area contributed by atoms with Gasteiger partial charge in [-0.3, -0.25) is 9.69 Å². The minimum atomic E-state index is -0.0495. The van der Waals surface area contributed by atoms with E-state index in [0.29, 0.717) is 42.8 Å². The summed E-state index contributed by atoms with van der Waals surface area (Å²) in [6.07, 6.45) is 2.57. The van der Waals surface area contributed by atoms with Crippen molar-refractivity contribution in [2.24, 2.45) is 5.92 Å². The van der Waals surface area contributed by atoms with Gasteiger partial charge < -0.3 is 19.3 Å². The van der Waals surface area contributed by atoms with Crippen molar-refractivity contribution in [3.8, 4) is 22.9 Å². The van der Waals surface area contributed by atoms with Crippen molar-refractivity contribution in [1.29, 1.82) is 0 Å². The van der Waals surface area contributed by atoms with Crippen LogP contribution in [0.1, 0.15) is 50.6 Å². The molecule has 8 nitrogen and oxygen atoms in total. The Balaban J connectivity index is 1.27. The third-order valence-electron chi connectivity index (χ3n) is 6.87. The Morgan fingerprint density at radius 3 is 2.57 bits per heavy atom. The van der Waals surface area contributed by atoms with E-state index in [1.807, 2.05) is 30.3 Å². The van der Waals surface area contributed by atoms with Crippen molar-refractivity contribution in [2.45, 2.75) is 52.0 Å². The van der Waals surface area contributed by atoms with Crippen LogP contribution in [0.2, 0.25) is 0 Å². The Morgan fingerprint density at radius 2 is 1.86 bits per heavy atom. The zero-order valence-electron chi connectivity index (χ0n) is 22.5. The number of hydrogen-bond acceptors (Lipinski definition) is 7. The molecular weight excluding hydrogens is 468 g/mol. The Morgan fingerprint density at radius 1 is 1.11 bits per heavy atom. The summed E-state index contributed by atoms with van der Waals surface area (Å²) in [5.74, 6) is 2.60. The maximum atomic E-state index is 12.9. The molecule has 198 valence electrons. The largest absolute Gasteiger partial charge is 0.493 e. The molecule has 2 aromatic carbocycles. The van der Waals surface area contributed by atoms with E-state index in [-0.39, 0.29) is 17.2 Å². The number of carbonyl (C=O) groups is 1. The minimum absolute atomic E-state index is 0.0495. The van der Waals surface area contributed by atoms with E-state index in [4.69, 9.17) is 14.0 Å². The van der Waals surface area contributed by atoms with E-state index in [0.717, 1.165) is 36.9 Å². The minimum Gasteiger partial charge on any atom is -0.493 e. The number of amides is 1. The van der Waals surface area contributed by atoms with Gasteiger partial charge in [-0.05, 0) is 54.5 Å². The van der Waals surface area contributed by atoms with Gasteiger partial charge in [0.15, 0.2) is 11.5 Å². The lowest BCUT2D eigenvalue weighted by Crippen LogP contribution is -2.43. The number of carbonyl (C=O) groups excluding carboxylic acids is 1. The van der Waals surface area contributed by atoms with Gasteiger partial charge in [-0.2, -0.15) is 4.98 Å². The molecule has 1 amide bonds. The number of ether oxygens (including phenoxy) is 2. The first-order chi connectivity index (χ1) is 17.8. The van der Waals surface area contributed by atoms with Gasteiger partial charge in [-0.1, -0.05) is 56.3 Å². The number of nitrogens with zero attached hydrogens (tertiary/aromatic N) is 3. The molecular formula is C29H38N4O4. The molecule has 1 fully saturated rings. The van der Waals surface area contributed by atoms with E-state index in [9.17, 15) is 4.79 Å². The van der Waals surface area contributed by atoms with Crippen LogP contribution in [-0.2, 0) is 23.2 Å². The summed E-state index contributed by atoms with van der Waals surface area (Å²) in [5.41, 5.74) is 3.39. The third-order valence-corrected chi connectivity index (χ3v) is 6.87. The lowest BCUT2D eigenvalue weighted by molar-refractivity contribution is -0.126. The summed E-state index contributed by atoms with van der Waals surface area (Å²) in [6, 6.07) is 14.1. The van der Waals surface area contributed by atoms with Gasteiger partial charge in [0, 0.05) is 18.7 Å². The van der Waals surface area contributed by atoms with Crippen molar-refractivity contribution in [3.63, 3.8) is 0 Å². The molecule has 0 saturated carbocycles. The van der Waals surface area contributed by atoms with Gasteiger partial charge in [0.1, 0.15) is 0 Å². The molecule has 8 heteroatoms. The molecule has 1 aromatic heterocycles. The molecule has 1 unspecified atom stereocenters. The van der Waals surface area contributed by atoms with Gasteiger partial charge in [0.2, 0.25) is 17.6 Å². The Hall–Kier alpha value is -3.39. The fourth-order valence-electron chi connectivity index (χ4n) is 4.67. The van der Waals surface area contributed by atoms with Crippen molar-refractivity contribution in [2.75, 3.05) is 33.9 Å². The number of likely N-dealkylation sites (tertiary alicyclic amines) is 1. The summed E-state index contributed by atoms with van der Waals surface area (Å²) < 4.78 is 16.2. The molecule has 0 bridgehead atoms. The highest BCUT2D eigenvalue weighted by atomic mass is 16.5. The smallest absolute Gasteiger partial charge is 0.241 e. The van der Waals surface area contributed by atoms with Crippen LogP contribution in [0.25, 0.3) is 11.4 Å². The quantitative estimate of drug-likeness (QED) is 0.453. The zero-order valence-corrected chi connectivity index (χ0v) is 22.5. The molecule has 2 heterocycles. The number of rotatable bonds is 9. The highest BCUT2D eigenvalue weighted by Crippen LogP contribution is 2.28. The molecule has 3 aromatic rings. The molecule has 1 atom stereocenters. The first kappa shape index (κ1) is 26.7. The maximum absolute atomic E-state index is 12.9. The molecule has 4 rings (SSSR count). The number of nitrogens with one attached hydrogen (secondary N) is 1. The molecule has 1 aliphatic rings. The van der Waals surface area contributed by atoms with Crippen molar-refractivity contribution in [1.82, 2.24) is 20.4 Å². The zero-order chi connectivity index (χ0) is 26.4. The average Bonchev–Trinajstić information content (AvgIpc) is 3.36. The number of piperidine rings is 1. The number of hydrogen-bond donors (Lipinski definition) is 1. The first-order valence-corrected chi connectivity index (χ1v) is 12.9. The van der Waals surface area contributed by atoms with Gasteiger partial charge in [-0.25, -0.2) is 0 Å². The van der Waals surface area contributed by atoms with Crippen molar-refractivity contribution in [3.05, 3.63) is 59.5 Å². The van der Waals surface area contributed by atoms with E-state index >= 15 is 0 Å².